The second-order valence-corrected chi connectivity index (χ2v) is 8.05. The quantitative estimate of drug-likeness (QED) is 0.281. The Hall–Kier alpha value is -4.47. The standard InChI is InChI=1S/C25H24N2O8/c1-12-15-5-7-20(33-2)23(34-3)22(15)35-25(32)16(12)10-21(29)27-19(24(30)31)8-13-11-26-18-6-4-14(28)9-17(13)18/h4-7,9,11,19,26,28H,8,10H2,1-3H3,(H,27,29)(H,30,31)/t19-/m0/s1. The first-order valence-electron chi connectivity index (χ1n) is 10.7. The molecule has 0 saturated carbocycles. The number of hydrogen-bond donors (Lipinski definition) is 4. The number of aromatic amines is 1. The van der Waals surface area contributed by atoms with Crippen LogP contribution in [0.1, 0.15) is 16.7 Å². The van der Waals surface area contributed by atoms with Crippen LogP contribution < -0.4 is 20.4 Å². The Morgan fingerprint density at radius 1 is 1.14 bits per heavy atom. The monoisotopic (exact) mass is 480 g/mol. The normalized spacial score (nSPS) is 12.0. The van der Waals surface area contributed by atoms with Gasteiger partial charge in [0.25, 0.3) is 0 Å². The number of hydrogen-bond acceptors (Lipinski definition) is 7. The number of amides is 1. The average molecular weight is 480 g/mol. The van der Waals surface area contributed by atoms with Gasteiger partial charge in [-0.15, -0.1) is 0 Å². The highest BCUT2D eigenvalue weighted by atomic mass is 16.5. The third kappa shape index (κ3) is 4.50. The van der Waals surface area contributed by atoms with Crippen molar-refractivity contribution in [1.82, 2.24) is 10.3 Å². The predicted molar refractivity (Wildman–Crippen MR) is 127 cm³/mol. The zero-order chi connectivity index (χ0) is 25.3. The summed E-state index contributed by atoms with van der Waals surface area (Å²) in [5.41, 5.74) is 1.45. The Balaban J connectivity index is 1.59. The highest BCUT2D eigenvalue weighted by molar-refractivity contribution is 5.91. The molecule has 2 aromatic carbocycles. The number of methoxy groups -OCH3 is 2. The van der Waals surface area contributed by atoms with Crippen LogP contribution in [0.2, 0.25) is 0 Å². The number of ether oxygens (including phenoxy) is 2. The number of phenols is 1. The van der Waals surface area contributed by atoms with Gasteiger partial charge in [-0.05, 0) is 48.4 Å². The van der Waals surface area contributed by atoms with Crippen molar-refractivity contribution in [2.75, 3.05) is 14.2 Å². The third-order valence-corrected chi connectivity index (χ3v) is 5.94. The van der Waals surface area contributed by atoms with Crippen LogP contribution in [0, 0.1) is 6.92 Å². The number of nitrogens with one attached hydrogen (secondary N) is 2. The number of phenolic OH excluding ortho intramolecular Hbond substituents is 1. The summed E-state index contributed by atoms with van der Waals surface area (Å²) >= 11 is 0. The lowest BCUT2D eigenvalue weighted by molar-refractivity contribution is -0.141. The Bertz CT molecular complexity index is 1500. The number of aromatic hydroxyl groups is 1. The second-order valence-electron chi connectivity index (χ2n) is 8.05. The molecule has 35 heavy (non-hydrogen) atoms. The fourth-order valence-corrected chi connectivity index (χ4v) is 4.13. The van der Waals surface area contributed by atoms with E-state index in [1.54, 1.807) is 31.3 Å². The summed E-state index contributed by atoms with van der Waals surface area (Å²) in [5, 5.41) is 23.2. The van der Waals surface area contributed by atoms with E-state index in [9.17, 15) is 24.6 Å². The smallest absolute Gasteiger partial charge is 0.340 e. The number of benzene rings is 2. The first-order chi connectivity index (χ1) is 16.7. The van der Waals surface area contributed by atoms with Crippen molar-refractivity contribution < 1.29 is 33.7 Å². The van der Waals surface area contributed by atoms with Crippen molar-refractivity contribution in [2.24, 2.45) is 0 Å². The van der Waals surface area contributed by atoms with E-state index in [4.69, 9.17) is 13.9 Å². The predicted octanol–water partition coefficient (Wildman–Crippen LogP) is 2.66. The highest BCUT2D eigenvalue weighted by Crippen LogP contribution is 2.36. The maximum Gasteiger partial charge on any atom is 0.340 e. The third-order valence-electron chi connectivity index (χ3n) is 5.94. The molecule has 1 amide bonds. The van der Waals surface area contributed by atoms with Crippen LogP contribution in [-0.4, -0.2) is 47.3 Å². The van der Waals surface area contributed by atoms with Gasteiger partial charge < -0.3 is 34.4 Å². The van der Waals surface area contributed by atoms with Gasteiger partial charge in [-0.2, -0.15) is 0 Å². The molecule has 182 valence electrons. The summed E-state index contributed by atoms with van der Waals surface area (Å²) < 4.78 is 16.0. The summed E-state index contributed by atoms with van der Waals surface area (Å²) in [5.74, 6) is -1.18. The fraction of sp³-hybridized carbons (Fsp3) is 0.240. The van der Waals surface area contributed by atoms with Gasteiger partial charge >= 0.3 is 11.6 Å². The number of carboxylic acid groups (broad SMARTS) is 1. The molecule has 0 bridgehead atoms. The molecule has 0 spiro atoms. The molecule has 0 aliphatic carbocycles. The number of aromatic nitrogens is 1. The molecule has 4 aromatic rings. The van der Waals surface area contributed by atoms with Gasteiger partial charge in [0.2, 0.25) is 11.7 Å². The topological polar surface area (TPSA) is 151 Å². The van der Waals surface area contributed by atoms with E-state index in [0.29, 0.717) is 27.6 Å². The van der Waals surface area contributed by atoms with Crippen molar-refractivity contribution in [3.63, 3.8) is 0 Å². The minimum absolute atomic E-state index is 0.0210. The second kappa shape index (κ2) is 9.41. The van der Waals surface area contributed by atoms with E-state index in [0.717, 1.165) is 5.52 Å². The fourth-order valence-electron chi connectivity index (χ4n) is 4.13. The molecule has 0 aliphatic heterocycles. The SMILES string of the molecule is COc1ccc2c(C)c(CC(=O)N[C@@H](Cc3c[nH]c4ccc(O)cc34)C(=O)O)c(=O)oc2c1OC. The molecular formula is C25H24N2O8. The van der Waals surface area contributed by atoms with Crippen LogP contribution in [-0.2, 0) is 22.4 Å². The van der Waals surface area contributed by atoms with Crippen molar-refractivity contribution in [1.29, 1.82) is 0 Å². The first kappa shape index (κ1) is 23.7. The molecule has 2 aromatic heterocycles. The molecule has 0 radical (unpaired) electrons. The van der Waals surface area contributed by atoms with Crippen molar-refractivity contribution in [3.05, 3.63) is 63.6 Å². The molecule has 10 heteroatoms. The Morgan fingerprint density at radius 3 is 2.60 bits per heavy atom. The van der Waals surface area contributed by atoms with E-state index >= 15 is 0 Å². The number of carbonyl (C=O) groups excluding carboxylic acids is 1. The van der Waals surface area contributed by atoms with Gasteiger partial charge in [0.05, 0.1) is 26.2 Å². The number of carboxylic acids is 1. The molecule has 10 nitrogen and oxygen atoms in total. The zero-order valence-corrected chi connectivity index (χ0v) is 19.3. The summed E-state index contributed by atoms with van der Waals surface area (Å²) in [4.78, 5) is 40.4. The van der Waals surface area contributed by atoms with Gasteiger partial charge in [0, 0.05) is 28.9 Å². The number of H-pyrrole nitrogens is 1. The van der Waals surface area contributed by atoms with Gasteiger partial charge in [0.1, 0.15) is 11.8 Å². The molecule has 0 fully saturated rings. The van der Waals surface area contributed by atoms with Gasteiger partial charge in [-0.1, -0.05) is 0 Å². The summed E-state index contributed by atoms with van der Waals surface area (Å²) in [6.45, 7) is 1.68. The maximum atomic E-state index is 12.8. The Labute approximate surface area is 199 Å². The van der Waals surface area contributed by atoms with E-state index in [-0.39, 0.29) is 35.5 Å². The summed E-state index contributed by atoms with van der Waals surface area (Å²) in [6, 6.07) is 6.83. The van der Waals surface area contributed by atoms with E-state index in [1.165, 1.54) is 26.4 Å². The molecule has 4 rings (SSSR count). The van der Waals surface area contributed by atoms with Gasteiger partial charge in [-0.3, -0.25) is 4.79 Å². The van der Waals surface area contributed by atoms with E-state index in [2.05, 4.69) is 10.3 Å². The molecule has 1 atom stereocenters. The minimum atomic E-state index is -1.25. The lowest BCUT2D eigenvalue weighted by atomic mass is 10.0. The number of aryl methyl sites for hydroxylation is 1. The average Bonchev–Trinajstić information content (AvgIpc) is 3.22. The molecule has 0 aliphatic rings. The van der Waals surface area contributed by atoms with E-state index < -0.39 is 23.5 Å². The van der Waals surface area contributed by atoms with Crippen molar-refractivity contribution >= 4 is 33.7 Å². The number of carbonyl (C=O) groups is 2. The number of rotatable bonds is 8. The van der Waals surface area contributed by atoms with Crippen LogP contribution >= 0.6 is 0 Å². The summed E-state index contributed by atoms with van der Waals surface area (Å²) in [7, 11) is 2.89. The zero-order valence-electron chi connectivity index (χ0n) is 19.3. The van der Waals surface area contributed by atoms with Crippen molar-refractivity contribution in [2.45, 2.75) is 25.8 Å². The van der Waals surface area contributed by atoms with Crippen LogP contribution in [0.25, 0.3) is 21.9 Å². The molecule has 0 unspecified atom stereocenters. The molecule has 4 N–H and O–H groups in total. The van der Waals surface area contributed by atoms with Crippen LogP contribution in [0.4, 0.5) is 0 Å². The summed E-state index contributed by atoms with van der Waals surface area (Å²) in [6.07, 6.45) is 1.25. The number of fused-ring (bicyclic) bond motifs is 2. The Morgan fingerprint density at radius 2 is 1.91 bits per heavy atom. The largest absolute Gasteiger partial charge is 0.508 e. The van der Waals surface area contributed by atoms with Crippen molar-refractivity contribution in [3.8, 4) is 17.2 Å². The van der Waals surface area contributed by atoms with Gasteiger partial charge in [-0.25, -0.2) is 9.59 Å². The Kier molecular flexibility index (Phi) is 6.37. The van der Waals surface area contributed by atoms with Gasteiger partial charge in [0.15, 0.2) is 11.3 Å². The molecule has 0 saturated heterocycles. The highest BCUT2D eigenvalue weighted by Gasteiger charge is 2.24. The first-order valence-corrected chi connectivity index (χ1v) is 10.7. The molecular weight excluding hydrogens is 456 g/mol. The molecule has 2 heterocycles. The van der Waals surface area contributed by atoms with E-state index in [1.807, 2.05) is 0 Å². The van der Waals surface area contributed by atoms with Crippen LogP contribution in [0.15, 0.2) is 45.7 Å². The van der Waals surface area contributed by atoms with Crippen LogP contribution in [0.5, 0.6) is 17.2 Å². The lowest BCUT2D eigenvalue weighted by Crippen LogP contribution is -2.43. The van der Waals surface area contributed by atoms with Crippen LogP contribution in [0.3, 0.4) is 0 Å². The number of aliphatic carboxylic acids is 1. The minimum Gasteiger partial charge on any atom is -0.508 e. The lowest BCUT2D eigenvalue weighted by Gasteiger charge is -2.15. The maximum absolute atomic E-state index is 12.8.